The lowest BCUT2D eigenvalue weighted by Gasteiger charge is -2.15. The van der Waals surface area contributed by atoms with Gasteiger partial charge in [-0.1, -0.05) is 0 Å². The molecule has 7 nitrogen and oxygen atoms in total. The van der Waals surface area contributed by atoms with Crippen LogP contribution in [0, 0.1) is 17.0 Å². The molecule has 0 aliphatic rings. The molecule has 2 rings (SSSR count). The van der Waals surface area contributed by atoms with Crippen LogP contribution in [0.4, 0.5) is 11.5 Å². The number of nitrogens with one attached hydrogen (secondary N) is 1. The highest BCUT2D eigenvalue weighted by Gasteiger charge is 2.19. The van der Waals surface area contributed by atoms with Crippen LogP contribution in [0.15, 0.2) is 30.7 Å². The standard InChI is InChI=1S/C12H15N5O2/c1-9-4-6-13-12(11(9)17(18)19)15-10(2)8-16-7-3-5-14-16/h3-7,10H,8H2,1-2H3,(H,13,15). The van der Waals surface area contributed by atoms with Gasteiger partial charge in [-0.3, -0.25) is 14.8 Å². The van der Waals surface area contributed by atoms with Crippen molar-refractivity contribution in [3.05, 3.63) is 46.4 Å². The quantitative estimate of drug-likeness (QED) is 0.657. The van der Waals surface area contributed by atoms with Gasteiger partial charge in [0, 0.05) is 30.2 Å². The predicted molar refractivity (Wildman–Crippen MR) is 70.9 cm³/mol. The Morgan fingerprint density at radius 2 is 2.32 bits per heavy atom. The van der Waals surface area contributed by atoms with E-state index in [9.17, 15) is 10.1 Å². The average molecular weight is 261 g/mol. The van der Waals surface area contributed by atoms with Crippen LogP contribution in [-0.4, -0.2) is 25.7 Å². The summed E-state index contributed by atoms with van der Waals surface area (Å²) in [6.07, 6.45) is 5.10. The Balaban J connectivity index is 2.14. The zero-order valence-corrected chi connectivity index (χ0v) is 10.8. The van der Waals surface area contributed by atoms with Crippen molar-refractivity contribution in [2.45, 2.75) is 26.4 Å². The summed E-state index contributed by atoms with van der Waals surface area (Å²) in [5.41, 5.74) is 0.614. The summed E-state index contributed by atoms with van der Waals surface area (Å²) in [6, 6.07) is 3.44. The molecule has 2 aromatic heterocycles. The maximum absolute atomic E-state index is 11.0. The number of anilines is 1. The minimum atomic E-state index is -0.411. The SMILES string of the molecule is Cc1ccnc(NC(C)Cn2cccn2)c1[N+](=O)[O-]. The van der Waals surface area contributed by atoms with E-state index in [2.05, 4.69) is 15.4 Å². The topological polar surface area (TPSA) is 85.9 Å². The summed E-state index contributed by atoms with van der Waals surface area (Å²) in [4.78, 5) is 14.7. The Hall–Kier alpha value is -2.44. The van der Waals surface area contributed by atoms with E-state index < -0.39 is 4.92 Å². The summed E-state index contributed by atoms with van der Waals surface area (Å²) in [5.74, 6) is 0.296. The molecule has 1 atom stereocenters. The minimum Gasteiger partial charge on any atom is -0.360 e. The number of rotatable bonds is 5. The average Bonchev–Trinajstić information content (AvgIpc) is 2.81. The molecule has 2 heterocycles. The molecule has 0 bridgehead atoms. The van der Waals surface area contributed by atoms with Crippen molar-refractivity contribution < 1.29 is 4.92 Å². The number of nitrogens with zero attached hydrogens (tertiary/aromatic N) is 4. The molecule has 0 amide bonds. The molecule has 19 heavy (non-hydrogen) atoms. The fourth-order valence-corrected chi connectivity index (χ4v) is 1.85. The Morgan fingerprint density at radius 1 is 1.53 bits per heavy atom. The molecule has 100 valence electrons. The van der Waals surface area contributed by atoms with Gasteiger partial charge in [0.05, 0.1) is 11.5 Å². The first-order valence-corrected chi connectivity index (χ1v) is 5.92. The zero-order valence-electron chi connectivity index (χ0n) is 10.8. The van der Waals surface area contributed by atoms with E-state index in [1.165, 1.54) is 0 Å². The third-order valence-electron chi connectivity index (χ3n) is 2.71. The molecule has 2 aromatic rings. The van der Waals surface area contributed by atoms with Gasteiger partial charge < -0.3 is 5.32 Å². The predicted octanol–water partition coefficient (Wildman–Crippen LogP) is 2.00. The molecular weight excluding hydrogens is 246 g/mol. The normalized spacial score (nSPS) is 12.1. The lowest BCUT2D eigenvalue weighted by Crippen LogP contribution is -2.23. The molecule has 0 radical (unpaired) electrons. The molecule has 0 aromatic carbocycles. The first-order chi connectivity index (χ1) is 9.08. The number of hydrogen-bond donors (Lipinski definition) is 1. The van der Waals surface area contributed by atoms with Crippen LogP contribution in [0.5, 0.6) is 0 Å². The van der Waals surface area contributed by atoms with E-state index in [1.54, 1.807) is 30.1 Å². The maximum Gasteiger partial charge on any atom is 0.314 e. The van der Waals surface area contributed by atoms with Gasteiger partial charge in [-0.25, -0.2) is 4.98 Å². The lowest BCUT2D eigenvalue weighted by atomic mass is 10.2. The molecule has 0 fully saturated rings. The van der Waals surface area contributed by atoms with Crippen LogP contribution in [0.3, 0.4) is 0 Å². The highest BCUT2D eigenvalue weighted by Crippen LogP contribution is 2.25. The van der Waals surface area contributed by atoms with Crippen LogP contribution in [0.25, 0.3) is 0 Å². The van der Waals surface area contributed by atoms with Crippen molar-refractivity contribution in [1.82, 2.24) is 14.8 Å². The van der Waals surface area contributed by atoms with E-state index in [-0.39, 0.29) is 11.7 Å². The third kappa shape index (κ3) is 3.06. The molecule has 1 N–H and O–H groups in total. The van der Waals surface area contributed by atoms with Crippen LogP contribution in [0.2, 0.25) is 0 Å². The summed E-state index contributed by atoms with van der Waals surface area (Å²) < 4.78 is 1.76. The second kappa shape index (κ2) is 5.47. The highest BCUT2D eigenvalue weighted by molar-refractivity contribution is 5.60. The van der Waals surface area contributed by atoms with Gasteiger partial charge in [-0.2, -0.15) is 5.10 Å². The van der Waals surface area contributed by atoms with Crippen LogP contribution in [-0.2, 0) is 6.54 Å². The van der Waals surface area contributed by atoms with Crippen molar-refractivity contribution in [2.24, 2.45) is 0 Å². The fraction of sp³-hybridized carbons (Fsp3) is 0.333. The van der Waals surface area contributed by atoms with Gasteiger partial charge >= 0.3 is 5.69 Å². The van der Waals surface area contributed by atoms with Gasteiger partial charge in [0.25, 0.3) is 0 Å². The Bertz CT molecular complexity index is 568. The smallest absolute Gasteiger partial charge is 0.314 e. The number of pyridine rings is 1. The monoisotopic (exact) mass is 261 g/mol. The number of aryl methyl sites for hydroxylation is 1. The minimum absolute atomic E-state index is 0.0205. The number of aromatic nitrogens is 3. The lowest BCUT2D eigenvalue weighted by molar-refractivity contribution is -0.384. The summed E-state index contributed by atoms with van der Waals surface area (Å²) >= 11 is 0. The highest BCUT2D eigenvalue weighted by atomic mass is 16.6. The molecule has 0 aliphatic carbocycles. The van der Waals surface area contributed by atoms with Gasteiger partial charge in [0.1, 0.15) is 0 Å². The van der Waals surface area contributed by atoms with E-state index >= 15 is 0 Å². The van der Waals surface area contributed by atoms with Gasteiger partial charge in [0.15, 0.2) is 0 Å². The van der Waals surface area contributed by atoms with Crippen molar-refractivity contribution in [2.75, 3.05) is 5.32 Å². The molecule has 0 spiro atoms. The number of nitro groups is 1. The molecule has 0 saturated heterocycles. The van der Waals surface area contributed by atoms with Gasteiger partial charge in [0.2, 0.25) is 5.82 Å². The Kier molecular flexibility index (Phi) is 3.74. The van der Waals surface area contributed by atoms with Crippen LogP contribution < -0.4 is 5.32 Å². The summed E-state index contributed by atoms with van der Waals surface area (Å²) in [5, 5.41) is 18.2. The van der Waals surface area contributed by atoms with Crippen molar-refractivity contribution >= 4 is 11.5 Å². The Morgan fingerprint density at radius 3 is 2.95 bits per heavy atom. The molecule has 7 heteroatoms. The first kappa shape index (κ1) is 13.0. The number of hydrogen-bond acceptors (Lipinski definition) is 5. The zero-order chi connectivity index (χ0) is 13.8. The van der Waals surface area contributed by atoms with Crippen molar-refractivity contribution in [1.29, 1.82) is 0 Å². The fourth-order valence-electron chi connectivity index (χ4n) is 1.85. The molecular formula is C12H15N5O2. The Labute approximate surface area is 110 Å². The second-order valence-corrected chi connectivity index (χ2v) is 4.36. The molecule has 1 unspecified atom stereocenters. The summed E-state index contributed by atoms with van der Waals surface area (Å²) in [7, 11) is 0. The summed E-state index contributed by atoms with van der Waals surface area (Å²) in [6.45, 7) is 4.23. The molecule has 0 saturated carbocycles. The molecule has 0 aliphatic heterocycles. The van der Waals surface area contributed by atoms with E-state index in [1.807, 2.05) is 19.2 Å². The van der Waals surface area contributed by atoms with E-state index in [0.717, 1.165) is 0 Å². The largest absolute Gasteiger partial charge is 0.360 e. The first-order valence-electron chi connectivity index (χ1n) is 5.92. The van der Waals surface area contributed by atoms with Crippen LogP contribution >= 0.6 is 0 Å². The van der Waals surface area contributed by atoms with Crippen molar-refractivity contribution in [3.8, 4) is 0 Å². The third-order valence-corrected chi connectivity index (χ3v) is 2.71. The van der Waals surface area contributed by atoms with E-state index in [0.29, 0.717) is 17.9 Å². The van der Waals surface area contributed by atoms with Crippen molar-refractivity contribution in [3.63, 3.8) is 0 Å². The second-order valence-electron chi connectivity index (χ2n) is 4.36. The van der Waals surface area contributed by atoms with E-state index in [4.69, 9.17) is 0 Å². The maximum atomic E-state index is 11.0. The van der Waals surface area contributed by atoms with Gasteiger partial charge in [-0.05, 0) is 26.0 Å². The van der Waals surface area contributed by atoms with Crippen LogP contribution in [0.1, 0.15) is 12.5 Å². The van der Waals surface area contributed by atoms with Gasteiger partial charge in [-0.15, -0.1) is 0 Å².